The van der Waals surface area contributed by atoms with E-state index in [-0.39, 0.29) is 5.76 Å². The molecule has 0 aromatic carbocycles. The summed E-state index contributed by atoms with van der Waals surface area (Å²) >= 11 is 0. The summed E-state index contributed by atoms with van der Waals surface area (Å²) in [4.78, 5) is 10.9. The van der Waals surface area contributed by atoms with Gasteiger partial charge in [-0.25, -0.2) is 4.79 Å². The molecule has 0 spiro atoms. The second-order valence-electron chi connectivity index (χ2n) is 5.60. The third-order valence-corrected chi connectivity index (χ3v) is 4.15. The van der Waals surface area contributed by atoms with Crippen molar-refractivity contribution in [3.8, 4) is 0 Å². The molecule has 4 nitrogen and oxygen atoms in total. The Morgan fingerprint density at radius 3 is 2.84 bits per heavy atom. The van der Waals surface area contributed by atoms with Gasteiger partial charge in [0.2, 0.25) is 5.76 Å². The fourth-order valence-electron chi connectivity index (χ4n) is 2.84. The van der Waals surface area contributed by atoms with E-state index in [9.17, 15) is 4.79 Å². The lowest BCUT2D eigenvalue weighted by Gasteiger charge is -2.22. The van der Waals surface area contributed by atoms with E-state index in [1.165, 1.54) is 32.1 Å². The maximum absolute atomic E-state index is 10.9. The monoisotopic (exact) mass is 265 g/mol. The fourth-order valence-corrected chi connectivity index (χ4v) is 2.84. The van der Waals surface area contributed by atoms with Crippen LogP contribution >= 0.6 is 0 Å². The molecule has 1 aliphatic carbocycles. The van der Waals surface area contributed by atoms with Crippen molar-refractivity contribution in [2.45, 2.75) is 58.5 Å². The SMILES string of the molecule is Cc1oc(C(=O)O)cc1CNC1CCCCCC1C. The van der Waals surface area contributed by atoms with Crippen molar-refractivity contribution >= 4 is 5.97 Å². The smallest absolute Gasteiger partial charge is 0.371 e. The summed E-state index contributed by atoms with van der Waals surface area (Å²) < 4.78 is 5.23. The third kappa shape index (κ3) is 3.60. The molecule has 19 heavy (non-hydrogen) atoms. The van der Waals surface area contributed by atoms with Crippen molar-refractivity contribution in [3.05, 3.63) is 23.2 Å². The lowest BCUT2D eigenvalue weighted by Crippen LogP contribution is -2.33. The van der Waals surface area contributed by atoms with Crippen LogP contribution in [0.25, 0.3) is 0 Å². The van der Waals surface area contributed by atoms with Crippen LogP contribution in [0, 0.1) is 12.8 Å². The van der Waals surface area contributed by atoms with Crippen LogP contribution in [0.5, 0.6) is 0 Å². The molecule has 1 aromatic rings. The van der Waals surface area contributed by atoms with Gasteiger partial charge in [-0.1, -0.05) is 26.2 Å². The molecule has 2 atom stereocenters. The number of nitrogens with one attached hydrogen (secondary N) is 1. The highest BCUT2D eigenvalue weighted by Crippen LogP contribution is 2.24. The Morgan fingerprint density at radius 2 is 2.16 bits per heavy atom. The van der Waals surface area contributed by atoms with Crippen molar-refractivity contribution in [1.29, 1.82) is 0 Å². The number of carboxylic acid groups (broad SMARTS) is 1. The van der Waals surface area contributed by atoms with Gasteiger partial charge in [-0.3, -0.25) is 0 Å². The average molecular weight is 265 g/mol. The van der Waals surface area contributed by atoms with Gasteiger partial charge in [-0.05, 0) is 31.7 Å². The molecule has 0 bridgehead atoms. The van der Waals surface area contributed by atoms with Crippen LogP contribution in [0.1, 0.15) is 60.9 Å². The Hall–Kier alpha value is -1.29. The van der Waals surface area contributed by atoms with Crippen LogP contribution < -0.4 is 5.32 Å². The van der Waals surface area contributed by atoms with Crippen molar-refractivity contribution < 1.29 is 14.3 Å². The van der Waals surface area contributed by atoms with Gasteiger partial charge >= 0.3 is 5.97 Å². The number of hydrogen-bond acceptors (Lipinski definition) is 3. The summed E-state index contributed by atoms with van der Waals surface area (Å²) in [6, 6.07) is 2.16. The summed E-state index contributed by atoms with van der Waals surface area (Å²) in [5.74, 6) is 0.417. The summed E-state index contributed by atoms with van der Waals surface area (Å²) in [5, 5.41) is 12.5. The van der Waals surface area contributed by atoms with Crippen LogP contribution in [-0.2, 0) is 6.54 Å². The Morgan fingerprint density at radius 1 is 1.42 bits per heavy atom. The zero-order valence-corrected chi connectivity index (χ0v) is 11.7. The second-order valence-corrected chi connectivity index (χ2v) is 5.60. The number of rotatable bonds is 4. The zero-order chi connectivity index (χ0) is 13.8. The highest BCUT2D eigenvalue weighted by molar-refractivity contribution is 5.84. The van der Waals surface area contributed by atoms with E-state index in [2.05, 4.69) is 12.2 Å². The minimum Gasteiger partial charge on any atom is -0.475 e. The van der Waals surface area contributed by atoms with E-state index in [0.717, 1.165) is 5.56 Å². The second kappa shape index (κ2) is 6.24. The standard InChI is InChI=1S/C15H23NO3/c1-10-6-4-3-5-7-13(10)16-9-12-8-14(15(17)18)19-11(12)2/h8,10,13,16H,3-7,9H2,1-2H3,(H,17,18). The molecule has 2 N–H and O–H groups in total. The first kappa shape index (κ1) is 14.1. The summed E-state index contributed by atoms with van der Waals surface area (Å²) in [7, 11) is 0. The van der Waals surface area contributed by atoms with Crippen molar-refractivity contribution in [2.24, 2.45) is 5.92 Å². The molecule has 0 aliphatic heterocycles. The van der Waals surface area contributed by atoms with Gasteiger partial charge in [0.15, 0.2) is 0 Å². The van der Waals surface area contributed by atoms with E-state index >= 15 is 0 Å². The van der Waals surface area contributed by atoms with E-state index in [1.807, 2.05) is 6.92 Å². The highest BCUT2D eigenvalue weighted by atomic mass is 16.4. The van der Waals surface area contributed by atoms with Crippen LogP contribution in [0.2, 0.25) is 0 Å². The van der Waals surface area contributed by atoms with Crippen LogP contribution in [0.4, 0.5) is 0 Å². The number of aryl methyl sites for hydroxylation is 1. The number of hydrogen-bond donors (Lipinski definition) is 2. The van der Waals surface area contributed by atoms with Crippen LogP contribution in [0.3, 0.4) is 0 Å². The first-order valence-corrected chi connectivity index (χ1v) is 7.14. The highest BCUT2D eigenvalue weighted by Gasteiger charge is 2.20. The third-order valence-electron chi connectivity index (χ3n) is 4.15. The van der Waals surface area contributed by atoms with Gasteiger partial charge in [0.1, 0.15) is 5.76 Å². The van der Waals surface area contributed by atoms with Crippen LogP contribution in [-0.4, -0.2) is 17.1 Å². The molecule has 106 valence electrons. The summed E-state index contributed by atoms with van der Waals surface area (Å²) in [6.07, 6.45) is 6.43. The van der Waals surface area contributed by atoms with Gasteiger partial charge in [-0.15, -0.1) is 0 Å². The molecule has 1 aromatic heterocycles. The minimum atomic E-state index is -1.00. The minimum absolute atomic E-state index is 0.0308. The van der Waals surface area contributed by atoms with Gasteiger partial charge in [0, 0.05) is 18.2 Å². The predicted molar refractivity (Wildman–Crippen MR) is 73.3 cm³/mol. The number of carboxylic acids is 1. The average Bonchev–Trinajstić information content (AvgIpc) is 2.61. The van der Waals surface area contributed by atoms with E-state index < -0.39 is 5.97 Å². The molecule has 1 fully saturated rings. The molecule has 4 heteroatoms. The fraction of sp³-hybridized carbons (Fsp3) is 0.667. The Balaban J connectivity index is 1.95. The Labute approximate surface area is 114 Å². The number of aromatic carboxylic acids is 1. The lowest BCUT2D eigenvalue weighted by atomic mass is 9.97. The lowest BCUT2D eigenvalue weighted by molar-refractivity contribution is 0.0661. The maximum Gasteiger partial charge on any atom is 0.371 e. The van der Waals surface area contributed by atoms with Gasteiger partial charge in [0.05, 0.1) is 0 Å². The molecule has 1 aliphatic rings. The summed E-state index contributed by atoms with van der Waals surface area (Å²) in [6.45, 7) is 4.81. The molecule has 2 rings (SSSR count). The number of furan rings is 1. The van der Waals surface area contributed by atoms with Crippen molar-refractivity contribution in [2.75, 3.05) is 0 Å². The quantitative estimate of drug-likeness (QED) is 0.820. The van der Waals surface area contributed by atoms with Gasteiger partial charge in [0.25, 0.3) is 0 Å². The van der Waals surface area contributed by atoms with E-state index in [4.69, 9.17) is 9.52 Å². The van der Waals surface area contributed by atoms with Crippen molar-refractivity contribution in [3.63, 3.8) is 0 Å². The largest absolute Gasteiger partial charge is 0.475 e. The molecule has 0 saturated heterocycles. The van der Waals surface area contributed by atoms with Crippen LogP contribution in [0.15, 0.2) is 10.5 Å². The molecule has 0 radical (unpaired) electrons. The number of carbonyl (C=O) groups is 1. The topological polar surface area (TPSA) is 62.5 Å². The Bertz CT molecular complexity index is 439. The van der Waals surface area contributed by atoms with E-state index in [1.54, 1.807) is 6.07 Å². The van der Waals surface area contributed by atoms with Crippen molar-refractivity contribution in [1.82, 2.24) is 5.32 Å². The van der Waals surface area contributed by atoms with E-state index in [0.29, 0.717) is 24.3 Å². The summed E-state index contributed by atoms with van der Waals surface area (Å²) in [5.41, 5.74) is 0.953. The Kier molecular flexibility index (Phi) is 4.64. The first-order chi connectivity index (χ1) is 9.08. The normalized spacial score (nSPS) is 24.1. The first-order valence-electron chi connectivity index (χ1n) is 7.14. The predicted octanol–water partition coefficient (Wildman–Crippen LogP) is 3.34. The maximum atomic E-state index is 10.9. The molecular weight excluding hydrogens is 242 g/mol. The molecular formula is C15H23NO3. The molecule has 2 unspecified atom stereocenters. The molecule has 1 saturated carbocycles. The zero-order valence-electron chi connectivity index (χ0n) is 11.7. The van der Waals surface area contributed by atoms with Gasteiger partial charge in [-0.2, -0.15) is 0 Å². The van der Waals surface area contributed by atoms with Gasteiger partial charge < -0.3 is 14.8 Å². The molecule has 1 heterocycles. The molecule has 0 amide bonds.